The minimum Gasteiger partial charge on any atom is -0.496 e. The Balaban J connectivity index is 2.28. The summed E-state index contributed by atoms with van der Waals surface area (Å²) >= 11 is 0. The number of nitrogen functional groups attached to an aromatic ring is 1. The van der Waals surface area contributed by atoms with Gasteiger partial charge in [-0.05, 0) is 43.2 Å². The van der Waals surface area contributed by atoms with Crippen LogP contribution in [0.2, 0.25) is 0 Å². The number of hydrogen-bond acceptors (Lipinski definition) is 3. The van der Waals surface area contributed by atoms with Gasteiger partial charge < -0.3 is 15.8 Å². The lowest BCUT2D eigenvalue weighted by atomic mass is 10.1. The number of carbonyl (C=O) groups excluding carboxylic acids is 1. The van der Waals surface area contributed by atoms with Crippen molar-refractivity contribution < 1.29 is 9.53 Å². The number of carbonyl (C=O) groups is 1. The summed E-state index contributed by atoms with van der Waals surface area (Å²) in [6, 6.07) is 10.9. The normalized spacial score (nSPS) is 10.2. The van der Waals surface area contributed by atoms with Crippen LogP contribution >= 0.6 is 0 Å². The summed E-state index contributed by atoms with van der Waals surface area (Å²) in [5.41, 5.74) is 9.57. The molecule has 0 aromatic heterocycles. The van der Waals surface area contributed by atoms with Gasteiger partial charge in [0.1, 0.15) is 5.75 Å². The molecule has 0 aliphatic rings. The van der Waals surface area contributed by atoms with E-state index in [9.17, 15) is 4.79 Å². The molecule has 0 aliphatic heterocycles. The molecule has 0 spiro atoms. The minimum atomic E-state index is -0.214. The number of para-hydroxylation sites is 1. The first kappa shape index (κ1) is 13.9. The van der Waals surface area contributed by atoms with E-state index in [1.165, 1.54) is 0 Å². The number of amides is 1. The van der Waals surface area contributed by atoms with E-state index in [0.717, 1.165) is 11.1 Å². The number of aryl methyl sites for hydroxylation is 2. The highest BCUT2D eigenvalue weighted by atomic mass is 16.5. The molecule has 0 heterocycles. The first-order chi connectivity index (χ1) is 9.52. The molecular formula is C16H18N2O2. The Morgan fingerprint density at radius 2 is 1.90 bits per heavy atom. The third kappa shape index (κ3) is 2.74. The van der Waals surface area contributed by atoms with E-state index >= 15 is 0 Å². The Kier molecular flexibility index (Phi) is 3.94. The second-order valence-corrected chi connectivity index (χ2v) is 4.68. The van der Waals surface area contributed by atoms with Crippen molar-refractivity contribution in [2.75, 3.05) is 18.2 Å². The minimum absolute atomic E-state index is 0.214. The van der Waals surface area contributed by atoms with Gasteiger partial charge in [0.15, 0.2) is 0 Å². The molecule has 3 N–H and O–H groups in total. The van der Waals surface area contributed by atoms with Gasteiger partial charge in [-0.2, -0.15) is 0 Å². The second kappa shape index (κ2) is 5.65. The zero-order valence-corrected chi connectivity index (χ0v) is 11.9. The zero-order valence-electron chi connectivity index (χ0n) is 11.9. The highest BCUT2D eigenvalue weighted by Gasteiger charge is 2.14. The Morgan fingerprint density at radius 1 is 1.15 bits per heavy atom. The predicted molar refractivity (Wildman–Crippen MR) is 81.3 cm³/mol. The van der Waals surface area contributed by atoms with E-state index in [4.69, 9.17) is 10.5 Å². The number of ether oxygens (including phenoxy) is 1. The number of benzene rings is 2. The van der Waals surface area contributed by atoms with Gasteiger partial charge in [-0.15, -0.1) is 0 Å². The summed E-state index contributed by atoms with van der Waals surface area (Å²) in [6.45, 7) is 3.82. The molecule has 4 nitrogen and oxygen atoms in total. The topological polar surface area (TPSA) is 64.3 Å². The summed E-state index contributed by atoms with van der Waals surface area (Å²) in [5.74, 6) is 0.374. The second-order valence-electron chi connectivity index (χ2n) is 4.68. The molecule has 1 amide bonds. The molecule has 0 aliphatic carbocycles. The lowest BCUT2D eigenvalue weighted by molar-refractivity contribution is 0.102. The SMILES string of the molecule is COc1c(C)cccc1C(=O)Nc1ccc(C)c(N)c1. The Labute approximate surface area is 118 Å². The molecule has 2 aromatic carbocycles. The lowest BCUT2D eigenvalue weighted by Gasteiger charge is -2.12. The summed E-state index contributed by atoms with van der Waals surface area (Å²) in [4.78, 5) is 12.3. The summed E-state index contributed by atoms with van der Waals surface area (Å²) in [6.07, 6.45) is 0. The third-order valence-corrected chi connectivity index (χ3v) is 3.20. The molecule has 0 saturated carbocycles. The van der Waals surface area contributed by atoms with Crippen molar-refractivity contribution in [3.05, 3.63) is 53.1 Å². The molecule has 20 heavy (non-hydrogen) atoms. The van der Waals surface area contributed by atoms with Gasteiger partial charge in [0.2, 0.25) is 0 Å². The summed E-state index contributed by atoms with van der Waals surface area (Å²) < 4.78 is 5.29. The smallest absolute Gasteiger partial charge is 0.259 e. The molecule has 0 fully saturated rings. The van der Waals surface area contributed by atoms with E-state index in [2.05, 4.69) is 5.32 Å². The van der Waals surface area contributed by atoms with Crippen LogP contribution in [-0.2, 0) is 0 Å². The van der Waals surface area contributed by atoms with Crippen LogP contribution in [0.15, 0.2) is 36.4 Å². The first-order valence-corrected chi connectivity index (χ1v) is 6.34. The van der Waals surface area contributed by atoms with Crippen LogP contribution in [-0.4, -0.2) is 13.0 Å². The number of rotatable bonds is 3. The molecule has 0 radical (unpaired) electrons. The third-order valence-electron chi connectivity index (χ3n) is 3.20. The van der Waals surface area contributed by atoms with Crippen molar-refractivity contribution in [2.24, 2.45) is 0 Å². The van der Waals surface area contributed by atoms with E-state index in [1.54, 1.807) is 19.2 Å². The number of nitrogens with two attached hydrogens (primary N) is 1. The Hall–Kier alpha value is -2.49. The number of methoxy groups -OCH3 is 1. The van der Waals surface area contributed by atoms with Crippen molar-refractivity contribution >= 4 is 17.3 Å². The lowest BCUT2D eigenvalue weighted by Crippen LogP contribution is -2.14. The van der Waals surface area contributed by atoms with Gasteiger partial charge >= 0.3 is 0 Å². The van der Waals surface area contributed by atoms with Crippen molar-refractivity contribution in [1.29, 1.82) is 0 Å². The molecular weight excluding hydrogens is 252 g/mol. The van der Waals surface area contributed by atoms with Crippen molar-refractivity contribution in [3.63, 3.8) is 0 Å². The fourth-order valence-corrected chi connectivity index (χ4v) is 2.02. The number of nitrogens with one attached hydrogen (secondary N) is 1. The van der Waals surface area contributed by atoms with E-state index in [-0.39, 0.29) is 5.91 Å². The highest BCUT2D eigenvalue weighted by Crippen LogP contribution is 2.24. The molecule has 104 valence electrons. The Bertz CT molecular complexity index is 651. The molecule has 2 aromatic rings. The molecule has 0 unspecified atom stereocenters. The first-order valence-electron chi connectivity index (χ1n) is 6.34. The number of hydrogen-bond donors (Lipinski definition) is 2. The van der Waals surface area contributed by atoms with Crippen LogP contribution in [0, 0.1) is 13.8 Å². The van der Waals surface area contributed by atoms with Gasteiger partial charge in [-0.25, -0.2) is 0 Å². The maximum absolute atomic E-state index is 12.3. The predicted octanol–water partition coefficient (Wildman–Crippen LogP) is 3.15. The average Bonchev–Trinajstić information content (AvgIpc) is 2.42. The molecule has 0 bridgehead atoms. The fraction of sp³-hybridized carbons (Fsp3) is 0.188. The standard InChI is InChI=1S/C16H18N2O2/c1-10-7-8-12(9-14(10)17)18-16(19)13-6-4-5-11(2)15(13)20-3/h4-9H,17H2,1-3H3,(H,18,19). The molecule has 0 saturated heterocycles. The fourth-order valence-electron chi connectivity index (χ4n) is 2.02. The van der Waals surface area contributed by atoms with Crippen LogP contribution in [0.5, 0.6) is 5.75 Å². The van der Waals surface area contributed by atoms with Crippen LogP contribution in [0.4, 0.5) is 11.4 Å². The monoisotopic (exact) mass is 270 g/mol. The quantitative estimate of drug-likeness (QED) is 0.842. The van der Waals surface area contributed by atoms with Crippen LogP contribution in [0.3, 0.4) is 0 Å². The van der Waals surface area contributed by atoms with E-state index in [0.29, 0.717) is 22.7 Å². The maximum atomic E-state index is 12.3. The van der Waals surface area contributed by atoms with Gasteiger partial charge in [-0.1, -0.05) is 18.2 Å². The summed E-state index contributed by atoms with van der Waals surface area (Å²) in [5, 5.41) is 2.83. The zero-order chi connectivity index (χ0) is 14.7. The van der Waals surface area contributed by atoms with E-state index < -0.39 is 0 Å². The molecule has 2 rings (SSSR count). The molecule has 0 atom stereocenters. The van der Waals surface area contributed by atoms with Gasteiger partial charge in [0.25, 0.3) is 5.91 Å². The highest BCUT2D eigenvalue weighted by molar-refractivity contribution is 6.06. The van der Waals surface area contributed by atoms with Crippen LogP contribution < -0.4 is 15.8 Å². The van der Waals surface area contributed by atoms with Gasteiger partial charge in [0.05, 0.1) is 12.7 Å². The van der Waals surface area contributed by atoms with Crippen molar-refractivity contribution in [1.82, 2.24) is 0 Å². The van der Waals surface area contributed by atoms with Crippen LogP contribution in [0.1, 0.15) is 21.5 Å². The van der Waals surface area contributed by atoms with Crippen LogP contribution in [0.25, 0.3) is 0 Å². The summed E-state index contributed by atoms with van der Waals surface area (Å²) in [7, 11) is 1.56. The number of anilines is 2. The van der Waals surface area contributed by atoms with Gasteiger partial charge in [0, 0.05) is 11.4 Å². The molecule has 4 heteroatoms. The van der Waals surface area contributed by atoms with Crippen molar-refractivity contribution in [3.8, 4) is 5.75 Å². The average molecular weight is 270 g/mol. The Morgan fingerprint density at radius 3 is 2.55 bits per heavy atom. The largest absolute Gasteiger partial charge is 0.496 e. The van der Waals surface area contributed by atoms with Crippen molar-refractivity contribution in [2.45, 2.75) is 13.8 Å². The van der Waals surface area contributed by atoms with Gasteiger partial charge in [-0.3, -0.25) is 4.79 Å². The maximum Gasteiger partial charge on any atom is 0.259 e. The van der Waals surface area contributed by atoms with E-state index in [1.807, 2.05) is 38.1 Å².